The van der Waals surface area contributed by atoms with E-state index in [1.54, 1.807) is 0 Å². The number of aliphatic hydroxyl groups is 2. The summed E-state index contributed by atoms with van der Waals surface area (Å²) in [7, 11) is 0. The predicted octanol–water partition coefficient (Wildman–Crippen LogP) is 0.0968. The molecule has 3 N–H and O–H groups in total. The Bertz CT molecular complexity index is 511. The highest BCUT2D eigenvalue weighted by Gasteiger charge is 2.26. The van der Waals surface area contributed by atoms with Gasteiger partial charge in [0, 0.05) is 5.56 Å². The molecule has 1 aromatic rings. The van der Waals surface area contributed by atoms with E-state index in [0.29, 0.717) is 17.8 Å². The molecule has 0 fully saturated rings. The van der Waals surface area contributed by atoms with Gasteiger partial charge in [0.15, 0.2) is 17.8 Å². The van der Waals surface area contributed by atoms with Crippen LogP contribution in [0.15, 0.2) is 12.1 Å². The number of carbonyl (C=O) groups is 2. The van der Waals surface area contributed by atoms with Gasteiger partial charge >= 0.3 is 5.97 Å². The second kappa shape index (κ2) is 5.25. The van der Waals surface area contributed by atoms with Crippen molar-refractivity contribution in [3.63, 3.8) is 0 Å². The summed E-state index contributed by atoms with van der Waals surface area (Å²) in [5.41, 5.74) is 0.217. The number of carboxylic acids is 1. The maximum atomic E-state index is 11.0. The van der Waals surface area contributed by atoms with Crippen LogP contribution in [0.3, 0.4) is 0 Å². The van der Waals surface area contributed by atoms with Crippen LogP contribution >= 0.6 is 0 Å². The summed E-state index contributed by atoms with van der Waals surface area (Å²) in [5.74, 6) is -0.548. The smallest absolute Gasteiger partial charge is 0.306 e. The van der Waals surface area contributed by atoms with Crippen molar-refractivity contribution in [2.75, 3.05) is 6.79 Å². The number of aliphatic hydroxyl groups excluding tert-OH is 2. The zero-order chi connectivity index (χ0) is 14.0. The van der Waals surface area contributed by atoms with Crippen LogP contribution in [-0.4, -0.2) is 40.5 Å². The Kier molecular flexibility index (Phi) is 3.68. The van der Waals surface area contributed by atoms with Gasteiger partial charge in [-0.1, -0.05) is 0 Å². The van der Waals surface area contributed by atoms with E-state index >= 15 is 0 Å². The summed E-state index contributed by atoms with van der Waals surface area (Å²) in [6.07, 6.45) is -3.15. The Labute approximate surface area is 108 Å². The van der Waals surface area contributed by atoms with E-state index in [2.05, 4.69) is 0 Å². The Morgan fingerprint density at radius 3 is 2.53 bits per heavy atom. The van der Waals surface area contributed by atoms with Gasteiger partial charge in [-0.3, -0.25) is 9.59 Å². The van der Waals surface area contributed by atoms with E-state index in [1.165, 1.54) is 12.1 Å². The topological polar surface area (TPSA) is 113 Å². The standard InChI is InChI=1S/C12H12O7/c13-4-6-1-9-10(19-5-18-9)2-7(6)12(17)8(14)3-11(15)16/h1-2,4,8,12,14,17H,3,5H2,(H,15,16). The molecule has 0 bridgehead atoms. The van der Waals surface area contributed by atoms with E-state index in [9.17, 15) is 19.8 Å². The SMILES string of the molecule is O=Cc1cc2c(cc1C(O)C(O)CC(=O)O)OCO2. The van der Waals surface area contributed by atoms with Crippen LogP contribution in [0.2, 0.25) is 0 Å². The third-order valence-corrected chi connectivity index (χ3v) is 2.77. The van der Waals surface area contributed by atoms with Gasteiger partial charge in [-0.25, -0.2) is 0 Å². The van der Waals surface area contributed by atoms with Crippen LogP contribution in [0.4, 0.5) is 0 Å². The van der Waals surface area contributed by atoms with E-state index in [4.69, 9.17) is 14.6 Å². The molecule has 2 atom stereocenters. The zero-order valence-corrected chi connectivity index (χ0v) is 9.78. The quantitative estimate of drug-likeness (QED) is 0.649. The molecule has 7 heteroatoms. The maximum absolute atomic E-state index is 11.0. The summed E-state index contributed by atoms with van der Waals surface area (Å²) >= 11 is 0. The average Bonchev–Trinajstić information content (AvgIpc) is 2.82. The monoisotopic (exact) mass is 268 g/mol. The third-order valence-electron chi connectivity index (χ3n) is 2.77. The minimum Gasteiger partial charge on any atom is -0.481 e. The molecule has 0 saturated carbocycles. The normalized spacial score (nSPS) is 15.9. The van der Waals surface area contributed by atoms with Gasteiger partial charge in [0.25, 0.3) is 0 Å². The zero-order valence-electron chi connectivity index (χ0n) is 9.78. The molecule has 0 aromatic heterocycles. The number of fused-ring (bicyclic) bond motifs is 1. The molecule has 1 heterocycles. The van der Waals surface area contributed by atoms with Crippen LogP contribution < -0.4 is 9.47 Å². The molecule has 1 aliphatic heterocycles. The van der Waals surface area contributed by atoms with Crippen molar-refractivity contribution in [2.45, 2.75) is 18.6 Å². The van der Waals surface area contributed by atoms with Gasteiger partial charge < -0.3 is 24.8 Å². The lowest BCUT2D eigenvalue weighted by atomic mass is 9.97. The first-order valence-electron chi connectivity index (χ1n) is 5.49. The number of carboxylic acid groups (broad SMARTS) is 1. The van der Waals surface area contributed by atoms with Gasteiger partial charge in [-0.15, -0.1) is 0 Å². The third kappa shape index (κ3) is 2.67. The van der Waals surface area contributed by atoms with Gasteiger partial charge in [-0.2, -0.15) is 0 Å². The Morgan fingerprint density at radius 2 is 1.95 bits per heavy atom. The van der Waals surface area contributed by atoms with Crippen LogP contribution in [0, 0.1) is 0 Å². The summed E-state index contributed by atoms with van der Waals surface area (Å²) in [6.45, 7) is 0.00482. The van der Waals surface area contributed by atoms with Gasteiger partial charge in [0.1, 0.15) is 6.10 Å². The molecule has 0 radical (unpaired) electrons. The Hall–Kier alpha value is -2.12. The number of rotatable bonds is 5. The molecule has 0 spiro atoms. The molecule has 1 aromatic carbocycles. The molecule has 2 rings (SSSR count). The number of ether oxygens (including phenoxy) is 2. The number of hydrogen-bond acceptors (Lipinski definition) is 6. The first-order valence-corrected chi connectivity index (χ1v) is 5.49. The van der Waals surface area contributed by atoms with E-state index < -0.39 is 24.6 Å². The van der Waals surface area contributed by atoms with Crippen molar-refractivity contribution < 1.29 is 34.4 Å². The van der Waals surface area contributed by atoms with Crippen molar-refractivity contribution >= 4 is 12.3 Å². The number of hydrogen-bond donors (Lipinski definition) is 3. The van der Waals surface area contributed by atoms with Crippen LogP contribution in [0.1, 0.15) is 28.4 Å². The van der Waals surface area contributed by atoms with Crippen molar-refractivity contribution in [3.05, 3.63) is 23.3 Å². The molecular weight excluding hydrogens is 256 g/mol. The summed E-state index contributed by atoms with van der Waals surface area (Å²) in [5, 5.41) is 28.1. The van der Waals surface area contributed by atoms with Gasteiger partial charge in [0.05, 0.1) is 12.5 Å². The maximum Gasteiger partial charge on any atom is 0.306 e. The molecule has 0 saturated heterocycles. The summed E-state index contributed by atoms with van der Waals surface area (Å²) in [4.78, 5) is 21.5. The van der Waals surface area contributed by atoms with E-state index in [0.717, 1.165) is 0 Å². The van der Waals surface area contributed by atoms with Crippen molar-refractivity contribution in [2.24, 2.45) is 0 Å². The Balaban J connectivity index is 2.32. The first kappa shape index (κ1) is 13.3. The lowest BCUT2D eigenvalue weighted by molar-refractivity contribution is -0.141. The fourth-order valence-electron chi connectivity index (χ4n) is 1.83. The molecular formula is C12H12O7. The molecule has 7 nitrogen and oxygen atoms in total. The van der Waals surface area contributed by atoms with Crippen LogP contribution in [0.5, 0.6) is 11.5 Å². The molecule has 2 unspecified atom stereocenters. The van der Waals surface area contributed by atoms with Gasteiger partial charge in [-0.05, 0) is 17.7 Å². The van der Waals surface area contributed by atoms with E-state index in [-0.39, 0.29) is 17.9 Å². The second-order valence-electron chi connectivity index (χ2n) is 4.06. The number of benzene rings is 1. The predicted molar refractivity (Wildman–Crippen MR) is 61.2 cm³/mol. The molecule has 102 valence electrons. The molecule has 0 aliphatic carbocycles. The number of aliphatic carboxylic acids is 1. The molecule has 19 heavy (non-hydrogen) atoms. The molecule has 0 amide bonds. The highest BCUT2D eigenvalue weighted by molar-refractivity contribution is 5.80. The largest absolute Gasteiger partial charge is 0.481 e. The van der Waals surface area contributed by atoms with Crippen LogP contribution in [0.25, 0.3) is 0 Å². The second-order valence-corrected chi connectivity index (χ2v) is 4.06. The minimum absolute atomic E-state index is 0.00482. The average molecular weight is 268 g/mol. The lowest BCUT2D eigenvalue weighted by Crippen LogP contribution is -2.22. The highest BCUT2D eigenvalue weighted by Crippen LogP contribution is 2.37. The number of aldehydes is 1. The fraction of sp³-hybridized carbons (Fsp3) is 0.333. The van der Waals surface area contributed by atoms with E-state index in [1.807, 2.05) is 0 Å². The number of carbonyl (C=O) groups excluding carboxylic acids is 1. The van der Waals surface area contributed by atoms with Gasteiger partial charge in [0.2, 0.25) is 6.79 Å². The van der Waals surface area contributed by atoms with Crippen LogP contribution in [-0.2, 0) is 4.79 Å². The summed E-state index contributed by atoms with van der Waals surface area (Å²) < 4.78 is 10.2. The highest BCUT2D eigenvalue weighted by atomic mass is 16.7. The molecule has 1 aliphatic rings. The lowest BCUT2D eigenvalue weighted by Gasteiger charge is -2.18. The van der Waals surface area contributed by atoms with Crippen molar-refractivity contribution in [1.29, 1.82) is 0 Å². The minimum atomic E-state index is -1.52. The summed E-state index contributed by atoms with van der Waals surface area (Å²) in [6, 6.07) is 2.74. The fourth-order valence-corrected chi connectivity index (χ4v) is 1.83. The van der Waals surface area contributed by atoms with Crippen molar-refractivity contribution in [1.82, 2.24) is 0 Å². The van der Waals surface area contributed by atoms with Crippen molar-refractivity contribution in [3.8, 4) is 11.5 Å². The Morgan fingerprint density at radius 1 is 1.32 bits per heavy atom. The first-order chi connectivity index (χ1) is 9.02.